The zero-order valence-corrected chi connectivity index (χ0v) is 12.6. The fourth-order valence-electron chi connectivity index (χ4n) is 1.58. The fourth-order valence-corrected chi connectivity index (χ4v) is 2.03. The number of hydrogen-bond donors (Lipinski definition) is 1. The summed E-state index contributed by atoms with van der Waals surface area (Å²) in [4.78, 5) is 13.5. The largest absolute Gasteiger partial charge is 0.466 e. The molecule has 0 aliphatic carbocycles. The number of ether oxygens (including phenoxy) is 1. The third kappa shape index (κ3) is 4.69. The summed E-state index contributed by atoms with van der Waals surface area (Å²) in [6.45, 7) is 2.71. The number of halogens is 1. The van der Waals surface area contributed by atoms with Crippen LogP contribution in [0.3, 0.4) is 0 Å². The summed E-state index contributed by atoms with van der Waals surface area (Å²) in [5, 5.41) is 0.552. The molecule has 0 heterocycles. The molecule has 1 rings (SSSR count). The zero-order chi connectivity index (χ0) is 14.4. The van der Waals surface area contributed by atoms with Crippen molar-refractivity contribution in [1.82, 2.24) is 0 Å². The number of nitrogens with zero attached hydrogens (tertiary/aromatic N) is 1. The molecular formula is C13H17ClN2O2S. The topological polar surface area (TPSA) is 55.6 Å². The zero-order valence-electron chi connectivity index (χ0n) is 11.0. The summed E-state index contributed by atoms with van der Waals surface area (Å²) in [5.41, 5.74) is 7.09. The van der Waals surface area contributed by atoms with Crippen molar-refractivity contribution >= 4 is 40.5 Å². The average Bonchev–Trinajstić information content (AvgIpc) is 2.36. The van der Waals surface area contributed by atoms with Gasteiger partial charge in [-0.15, -0.1) is 0 Å². The van der Waals surface area contributed by atoms with Crippen molar-refractivity contribution in [3.8, 4) is 0 Å². The summed E-state index contributed by atoms with van der Waals surface area (Å²) in [6, 6.07) is 5.37. The Morgan fingerprint density at radius 1 is 1.53 bits per heavy atom. The molecule has 0 fully saturated rings. The second-order valence-corrected chi connectivity index (χ2v) is 4.85. The Labute approximate surface area is 123 Å². The van der Waals surface area contributed by atoms with E-state index in [2.05, 4.69) is 0 Å². The maximum Gasteiger partial charge on any atom is 0.307 e. The van der Waals surface area contributed by atoms with Gasteiger partial charge in [-0.3, -0.25) is 4.79 Å². The molecule has 4 nitrogen and oxygen atoms in total. The third-order valence-electron chi connectivity index (χ3n) is 2.60. The quantitative estimate of drug-likeness (QED) is 0.646. The molecule has 0 aliphatic rings. The summed E-state index contributed by atoms with van der Waals surface area (Å²) in [5.74, 6) is -0.217. The minimum atomic E-state index is -0.217. The van der Waals surface area contributed by atoms with Crippen molar-refractivity contribution < 1.29 is 9.53 Å². The van der Waals surface area contributed by atoms with Crippen molar-refractivity contribution in [2.45, 2.75) is 13.3 Å². The van der Waals surface area contributed by atoms with E-state index in [0.717, 1.165) is 11.3 Å². The minimum absolute atomic E-state index is 0.217. The van der Waals surface area contributed by atoms with Crippen molar-refractivity contribution in [3.05, 3.63) is 28.8 Å². The standard InChI is InChI=1S/C13H17ClN2O2S/c1-3-18-12(17)6-7-16(2)11-5-4-9(13(15)19)8-10(11)14/h4-5,8H,3,6-7H2,1-2H3,(H2,15,19). The molecule has 0 aromatic heterocycles. The van der Waals surface area contributed by atoms with Crippen molar-refractivity contribution in [2.75, 3.05) is 25.1 Å². The fraction of sp³-hybridized carbons (Fsp3) is 0.385. The van der Waals surface area contributed by atoms with Gasteiger partial charge < -0.3 is 15.4 Å². The first-order chi connectivity index (χ1) is 8.95. The van der Waals surface area contributed by atoms with Crippen molar-refractivity contribution in [3.63, 3.8) is 0 Å². The van der Waals surface area contributed by atoms with Crippen LogP contribution in [-0.4, -0.2) is 31.2 Å². The van der Waals surface area contributed by atoms with E-state index in [1.54, 1.807) is 13.0 Å². The predicted molar refractivity (Wildman–Crippen MR) is 81.9 cm³/mol. The lowest BCUT2D eigenvalue weighted by Gasteiger charge is -2.20. The Morgan fingerprint density at radius 3 is 2.74 bits per heavy atom. The number of carbonyl (C=O) groups excluding carboxylic acids is 1. The Morgan fingerprint density at radius 2 is 2.21 bits per heavy atom. The van der Waals surface area contributed by atoms with E-state index >= 15 is 0 Å². The summed E-state index contributed by atoms with van der Waals surface area (Å²) in [6.07, 6.45) is 0.317. The molecule has 1 aromatic rings. The number of rotatable bonds is 6. The lowest BCUT2D eigenvalue weighted by atomic mass is 10.2. The van der Waals surface area contributed by atoms with Gasteiger partial charge in [0.15, 0.2) is 0 Å². The molecule has 19 heavy (non-hydrogen) atoms. The molecule has 0 amide bonds. The highest BCUT2D eigenvalue weighted by molar-refractivity contribution is 7.80. The number of thiocarbonyl (C=S) groups is 1. The first-order valence-electron chi connectivity index (χ1n) is 5.91. The summed E-state index contributed by atoms with van der Waals surface area (Å²) >= 11 is 11.1. The van der Waals surface area contributed by atoms with Crippen LogP contribution in [0.1, 0.15) is 18.9 Å². The molecule has 1 aromatic carbocycles. The molecule has 0 unspecified atom stereocenters. The van der Waals surface area contributed by atoms with Crippen LogP contribution in [0.5, 0.6) is 0 Å². The first kappa shape index (κ1) is 15.7. The van der Waals surface area contributed by atoms with Gasteiger partial charge in [0.25, 0.3) is 0 Å². The van der Waals surface area contributed by atoms with Gasteiger partial charge >= 0.3 is 5.97 Å². The summed E-state index contributed by atoms with van der Waals surface area (Å²) < 4.78 is 4.88. The van der Waals surface area contributed by atoms with Gasteiger partial charge in [0.1, 0.15) is 4.99 Å². The third-order valence-corrected chi connectivity index (χ3v) is 3.14. The minimum Gasteiger partial charge on any atom is -0.466 e. The van der Waals surface area contributed by atoms with Gasteiger partial charge in [-0.2, -0.15) is 0 Å². The van der Waals surface area contributed by atoms with Crippen LogP contribution < -0.4 is 10.6 Å². The van der Waals surface area contributed by atoms with E-state index in [0.29, 0.717) is 29.6 Å². The number of benzene rings is 1. The van der Waals surface area contributed by atoms with Crippen molar-refractivity contribution in [1.29, 1.82) is 0 Å². The van der Waals surface area contributed by atoms with Crippen LogP contribution in [0.15, 0.2) is 18.2 Å². The monoisotopic (exact) mass is 300 g/mol. The molecule has 0 spiro atoms. The van der Waals surface area contributed by atoms with Gasteiger partial charge in [0, 0.05) is 19.2 Å². The molecule has 6 heteroatoms. The van der Waals surface area contributed by atoms with Gasteiger partial charge in [-0.1, -0.05) is 23.8 Å². The lowest BCUT2D eigenvalue weighted by molar-refractivity contribution is -0.142. The number of anilines is 1. The van der Waals surface area contributed by atoms with Crippen molar-refractivity contribution in [2.24, 2.45) is 5.73 Å². The van der Waals surface area contributed by atoms with Crippen LogP contribution in [0, 0.1) is 0 Å². The number of nitrogens with two attached hydrogens (primary N) is 1. The van der Waals surface area contributed by atoms with Crippen LogP contribution in [0.25, 0.3) is 0 Å². The number of carbonyl (C=O) groups is 1. The second kappa shape index (κ2) is 7.31. The lowest BCUT2D eigenvalue weighted by Crippen LogP contribution is -2.22. The van der Waals surface area contributed by atoms with Gasteiger partial charge in [0.2, 0.25) is 0 Å². The molecule has 0 radical (unpaired) electrons. The maximum atomic E-state index is 11.3. The van der Waals surface area contributed by atoms with Gasteiger partial charge in [-0.05, 0) is 25.1 Å². The van der Waals surface area contributed by atoms with E-state index in [-0.39, 0.29) is 5.97 Å². The van der Waals surface area contributed by atoms with Crippen LogP contribution in [0.2, 0.25) is 5.02 Å². The molecule has 0 bridgehead atoms. The maximum absolute atomic E-state index is 11.3. The molecule has 0 atom stereocenters. The highest BCUT2D eigenvalue weighted by Crippen LogP contribution is 2.26. The second-order valence-electron chi connectivity index (χ2n) is 4.01. The van der Waals surface area contributed by atoms with E-state index < -0.39 is 0 Å². The SMILES string of the molecule is CCOC(=O)CCN(C)c1ccc(C(N)=S)cc1Cl. The van der Waals surface area contributed by atoms with E-state index in [9.17, 15) is 4.79 Å². The Kier molecular flexibility index (Phi) is 6.05. The first-order valence-corrected chi connectivity index (χ1v) is 6.70. The van der Waals surface area contributed by atoms with Gasteiger partial charge in [-0.25, -0.2) is 0 Å². The number of hydrogen-bond acceptors (Lipinski definition) is 4. The highest BCUT2D eigenvalue weighted by Gasteiger charge is 2.10. The molecular weight excluding hydrogens is 284 g/mol. The molecule has 0 aliphatic heterocycles. The molecule has 0 saturated heterocycles. The number of esters is 1. The Hall–Kier alpha value is -1.33. The van der Waals surface area contributed by atoms with E-state index in [4.69, 9.17) is 34.3 Å². The molecule has 0 saturated carbocycles. The van der Waals surface area contributed by atoms with Crippen LogP contribution in [0.4, 0.5) is 5.69 Å². The smallest absolute Gasteiger partial charge is 0.307 e. The van der Waals surface area contributed by atoms with Gasteiger partial charge in [0.05, 0.1) is 23.7 Å². The summed E-state index contributed by atoms with van der Waals surface area (Å²) in [7, 11) is 1.86. The normalized spacial score (nSPS) is 10.1. The Balaban J connectivity index is 2.69. The highest BCUT2D eigenvalue weighted by atomic mass is 35.5. The van der Waals surface area contributed by atoms with Crippen LogP contribution in [-0.2, 0) is 9.53 Å². The average molecular weight is 301 g/mol. The molecule has 104 valence electrons. The Bertz CT molecular complexity index is 480. The van der Waals surface area contributed by atoms with Crippen LogP contribution >= 0.6 is 23.8 Å². The van der Waals surface area contributed by atoms with E-state index in [1.165, 1.54) is 0 Å². The van der Waals surface area contributed by atoms with E-state index in [1.807, 2.05) is 24.1 Å². The predicted octanol–water partition coefficient (Wildman–Crippen LogP) is 2.36. The molecule has 2 N–H and O–H groups in total.